The number of hydrogen-bond acceptors (Lipinski definition) is 2. The quantitative estimate of drug-likeness (QED) is 0.880. The topological polar surface area (TPSA) is 54.7 Å². The van der Waals surface area contributed by atoms with E-state index in [1.807, 2.05) is 0 Å². The minimum absolute atomic E-state index is 0.316. The van der Waals surface area contributed by atoms with Crippen LogP contribution in [0.25, 0.3) is 11.3 Å². The fourth-order valence-electron chi connectivity index (χ4n) is 1.60. The lowest BCUT2D eigenvalue weighted by atomic mass is 10.1. The number of benzene rings is 1. The van der Waals surface area contributed by atoms with Crippen molar-refractivity contribution in [2.45, 2.75) is 12.8 Å². The van der Waals surface area contributed by atoms with Crippen LogP contribution in [0.3, 0.4) is 0 Å². The first-order valence-electron chi connectivity index (χ1n) is 5.40. The Hall–Kier alpha value is -1.39. The summed E-state index contributed by atoms with van der Waals surface area (Å²) in [5.74, 6) is 0.494. The number of halogens is 2. The summed E-state index contributed by atoms with van der Waals surface area (Å²) in [6.07, 6.45) is 3.23. The summed E-state index contributed by atoms with van der Waals surface area (Å²) in [5.41, 5.74) is 6.49. The molecule has 0 fully saturated rings. The lowest BCUT2D eigenvalue weighted by Crippen LogP contribution is -2.01. The van der Waals surface area contributed by atoms with Gasteiger partial charge in [-0.05, 0) is 31.2 Å². The molecule has 2 aromatic rings. The molecule has 1 aromatic heterocycles. The van der Waals surface area contributed by atoms with Crippen LogP contribution >= 0.6 is 11.6 Å². The predicted octanol–water partition coefficient (Wildman–Crippen LogP) is 2.76. The summed E-state index contributed by atoms with van der Waals surface area (Å²) >= 11 is 5.84. The molecule has 1 aromatic carbocycles. The molecule has 90 valence electrons. The van der Waals surface area contributed by atoms with Crippen LogP contribution in [0.4, 0.5) is 4.39 Å². The number of rotatable bonds is 4. The van der Waals surface area contributed by atoms with E-state index >= 15 is 0 Å². The highest BCUT2D eigenvalue weighted by atomic mass is 35.5. The molecule has 3 nitrogen and oxygen atoms in total. The van der Waals surface area contributed by atoms with Crippen molar-refractivity contribution >= 4 is 11.6 Å². The molecule has 0 unspecified atom stereocenters. The number of nitrogens with zero attached hydrogens (tertiary/aromatic N) is 1. The highest BCUT2D eigenvalue weighted by Gasteiger charge is 2.08. The molecule has 3 N–H and O–H groups in total. The van der Waals surface area contributed by atoms with Gasteiger partial charge in [-0.2, -0.15) is 0 Å². The van der Waals surface area contributed by atoms with Crippen molar-refractivity contribution < 1.29 is 4.39 Å². The minimum atomic E-state index is -0.316. The van der Waals surface area contributed by atoms with Crippen molar-refractivity contribution in [3.05, 3.63) is 41.1 Å². The van der Waals surface area contributed by atoms with Crippen molar-refractivity contribution in [3.8, 4) is 11.3 Å². The maximum Gasteiger partial charge on any atom is 0.132 e. The summed E-state index contributed by atoms with van der Waals surface area (Å²) in [6, 6.07) is 4.45. The number of H-pyrrole nitrogens is 1. The maximum absolute atomic E-state index is 13.6. The van der Waals surface area contributed by atoms with E-state index in [1.54, 1.807) is 12.3 Å². The van der Waals surface area contributed by atoms with Crippen LogP contribution in [0.1, 0.15) is 12.2 Å². The van der Waals surface area contributed by atoms with Gasteiger partial charge in [0.05, 0.1) is 11.9 Å². The molecular weight excluding hydrogens is 241 g/mol. The van der Waals surface area contributed by atoms with E-state index in [4.69, 9.17) is 17.3 Å². The molecule has 0 bridgehead atoms. The molecule has 0 amide bonds. The number of aromatic nitrogens is 2. The number of imidazole rings is 1. The summed E-state index contributed by atoms with van der Waals surface area (Å²) in [5, 5.41) is 0.500. The lowest BCUT2D eigenvalue weighted by molar-refractivity contribution is 0.631. The Bertz CT molecular complexity index is 510. The molecule has 0 radical (unpaired) electrons. The molecule has 5 heteroatoms. The Kier molecular flexibility index (Phi) is 3.76. The number of aromatic amines is 1. The van der Waals surface area contributed by atoms with Crippen LogP contribution in [-0.4, -0.2) is 16.5 Å². The summed E-state index contributed by atoms with van der Waals surface area (Å²) < 4.78 is 13.6. The fourth-order valence-corrected chi connectivity index (χ4v) is 1.77. The van der Waals surface area contributed by atoms with Gasteiger partial charge in [-0.15, -0.1) is 0 Å². The number of nitrogens with two attached hydrogens (primary N) is 1. The summed E-state index contributed by atoms with van der Waals surface area (Å²) in [4.78, 5) is 7.25. The number of aryl methyl sites for hydroxylation is 1. The normalized spacial score (nSPS) is 10.8. The van der Waals surface area contributed by atoms with Crippen molar-refractivity contribution in [2.75, 3.05) is 6.54 Å². The van der Waals surface area contributed by atoms with Crippen LogP contribution in [0.15, 0.2) is 24.4 Å². The van der Waals surface area contributed by atoms with Gasteiger partial charge in [0.25, 0.3) is 0 Å². The van der Waals surface area contributed by atoms with Crippen molar-refractivity contribution in [1.29, 1.82) is 0 Å². The van der Waals surface area contributed by atoms with E-state index in [2.05, 4.69) is 9.97 Å². The van der Waals surface area contributed by atoms with Gasteiger partial charge in [0, 0.05) is 17.0 Å². The molecule has 0 atom stereocenters. The van der Waals surface area contributed by atoms with Gasteiger partial charge in [0.1, 0.15) is 11.6 Å². The SMILES string of the molecule is NCCCc1ncc(-c2cc(Cl)ccc2F)[nH]1. The van der Waals surface area contributed by atoms with Gasteiger partial charge >= 0.3 is 0 Å². The molecule has 2 rings (SSSR count). The molecule has 0 saturated carbocycles. The average molecular weight is 254 g/mol. The minimum Gasteiger partial charge on any atom is -0.342 e. The maximum atomic E-state index is 13.6. The van der Waals surface area contributed by atoms with Crippen molar-refractivity contribution in [3.63, 3.8) is 0 Å². The average Bonchev–Trinajstić information content (AvgIpc) is 2.78. The van der Waals surface area contributed by atoms with E-state index < -0.39 is 0 Å². The third-order valence-electron chi connectivity index (χ3n) is 2.46. The van der Waals surface area contributed by atoms with Crippen molar-refractivity contribution in [2.24, 2.45) is 5.73 Å². The van der Waals surface area contributed by atoms with Gasteiger partial charge in [0.2, 0.25) is 0 Å². The highest BCUT2D eigenvalue weighted by Crippen LogP contribution is 2.24. The van der Waals surface area contributed by atoms with E-state index in [1.165, 1.54) is 12.1 Å². The second-order valence-electron chi connectivity index (χ2n) is 3.76. The van der Waals surface area contributed by atoms with E-state index in [0.29, 0.717) is 22.8 Å². The van der Waals surface area contributed by atoms with Gasteiger partial charge in [-0.3, -0.25) is 0 Å². The molecule has 1 heterocycles. The second-order valence-corrected chi connectivity index (χ2v) is 4.20. The molecule has 0 spiro atoms. The Balaban J connectivity index is 2.27. The van der Waals surface area contributed by atoms with E-state index in [0.717, 1.165) is 18.7 Å². The molecule has 0 aliphatic carbocycles. The largest absolute Gasteiger partial charge is 0.342 e. The first-order valence-corrected chi connectivity index (χ1v) is 5.78. The number of nitrogens with one attached hydrogen (secondary N) is 1. The zero-order chi connectivity index (χ0) is 12.3. The molecule has 0 aliphatic heterocycles. The Morgan fingerprint density at radius 1 is 1.41 bits per heavy atom. The number of hydrogen-bond donors (Lipinski definition) is 2. The van der Waals surface area contributed by atoms with Crippen LogP contribution in [0.5, 0.6) is 0 Å². The molecule has 17 heavy (non-hydrogen) atoms. The second kappa shape index (κ2) is 5.29. The summed E-state index contributed by atoms with van der Waals surface area (Å²) in [7, 11) is 0. The van der Waals surface area contributed by atoms with E-state index in [9.17, 15) is 4.39 Å². The highest BCUT2D eigenvalue weighted by molar-refractivity contribution is 6.30. The third kappa shape index (κ3) is 2.84. The Morgan fingerprint density at radius 3 is 3.00 bits per heavy atom. The molecule has 0 aliphatic rings. The molecular formula is C12H13ClFN3. The van der Waals surface area contributed by atoms with Gasteiger partial charge in [0.15, 0.2) is 0 Å². The van der Waals surface area contributed by atoms with Gasteiger partial charge in [-0.1, -0.05) is 11.6 Å². The smallest absolute Gasteiger partial charge is 0.132 e. The van der Waals surface area contributed by atoms with Gasteiger partial charge < -0.3 is 10.7 Å². The first kappa shape index (κ1) is 12.1. The van der Waals surface area contributed by atoms with Crippen LogP contribution in [0.2, 0.25) is 5.02 Å². The van der Waals surface area contributed by atoms with Crippen LogP contribution in [-0.2, 0) is 6.42 Å². The Labute approximate surface area is 104 Å². The fraction of sp³-hybridized carbons (Fsp3) is 0.250. The third-order valence-corrected chi connectivity index (χ3v) is 2.70. The monoisotopic (exact) mass is 253 g/mol. The standard InChI is InChI=1S/C12H13ClFN3/c13-8-3-4-10(14)9(6-8)11-7-16-12(17-11)2-1-5-15/h3-4,6-7H,1-2,5,15H2,(H,16,17). The van der Waals surface area contributed by atoms with Crippen LogP contribution < -0.4 is 5.73 Å². The predicted molar refractivity (Wildman–Crippen MR) is 66.4 cm³/mol. The molecule has 0 saturated heterocycles. The van der Waals surface area contributed by atoms with Crippen molar-refractivity contribution in [1.82, 2.24) is 9.97 Å². The summed E-state index contributed by atoms with van der Waals surface area (Å²) in [6.45, 7) is 0.613. The van der Waals surface area contributed by atoms with E-state index in [-0.39, 0.29) is 5.82 Å². The Morgan fingerprint density at radius 2 is 2.24 bits per heavy atom. The lowest BCUT2D eigenvalue weighted by Gasteiger charge is -2.00. The van der Waals surface area contributed by atoms with Crippen LogP contribution in [0, 0.1) is 5.82 Å². The zero-order valence-electron chi connectivity index (χ0n) is 9.21. The first-order chi connectivity index (χ1) is 8.20. The van der Waals surface area contributed by atoms with Gasteiger partial charge in [-0.25, -0.2) is 9.37 Å². The zero-order valence-corrected chi connectivity index (χ0v) is 9.97.